The van der Waals surface area contributed by atoms with E-state index in [9.17, 15) is 23.1 Å². The number of pyridine rings is 1. The second-order valence-corrected chi connectivity index (χ2v) is 5.98. The van der Waals surface area contributed by atoms with Crippen LogP contribution in [0, 0.1) is 13.8 Å². The van der Waals surface area contributed by atoms with Gasteiger partial charge in [0.25, 0.3) is 5.91 Å². The number of imidazole rings is 1. The molecule has 3 N–H and O–H groups in total. The van der Waals surface area contributed by atoms with Gasteiger partial charge in [0.15, 0.2) is 0 Å². The summed E-state index contributed by atoms with van der Waals surface area (Å²) in [4.78, 5) is 29.1. The molecular weight excluding hydrogens is 405 g/mol. The lowest BCUT2D eigenvalue weighted by Gasteiger charge is -2.09. The second kappa shape index (κ2) is 9.07. The van der Waals surface area contributed by atoms with Gasteiger partial charge in [-0.3, -0.25) is 9.78 Å². The van der Waals surface area contributed by atoms with Crippen LogP contribution in [0.25, 0.3) is 5.69 Å². The summed E-state index contributed by atoms with van der Waals surface area (Å²) < 4.78 is 33.7. The number of aliphatic carboxylic acids is 1. The van der Waals surface area contributed by atoms with Crippen LogP contribution in [0.15, 0.2) is 49.1 Å². The average molecular weight is 422 g/mol. The third-order valence-corrected chi connectivity index (χ3v) is 3.94. The van der Waals surface area contributed by atoms with Gasteiger partial charge in [0.2, 0.25) is 0 Å². The number of halogens is 3. The van der Waals surface area contributed by atoms with Crippen molar-refractivity contribution >= 4 is 17.6 Å². The number of hydrogen-bond donors (Lipinski definition) is 3. The third kappa shape index (κ3) is 5.56. The lowest BCUT2D eigenvalue weighted by atomic mass is 10.2. The Bertz CT molecular complexity index is 1050. The van der Waals surface area contributed by atoms with E-state index in [0.717, 1.165) is 17.1 Å². The molecule has 0 aliphatic heterocycles. The van der Waals surface area contributed by atoms with E-state index in [1.54, 1.807) is 18.5 Å². The Hall–Kier alpha value is -3.89. The molecule has 30 heavy (non-hydrogen) atoms. The van der Waals surface area contributed by atoms with E-state index >= 15 is 0 Å². The Morgan fingerprint density at radius 3 is 2.17 bits per heavy atom. The molecule has 158 valence electrons. The largest absolute Gasteiger partial charge is 0.505 e. The highest BCUT2D eigenvalue weighted by atomic mass is 19.4. The molecule has 0 bridgehead atoms. The summed E-state index contributed by atoms with van der Waals surface area (Å²) >= 11 is 0. The van der Waals surface area contributed by atoms with Gasteiger partial charge in [-0.2, -0.15) is 13.2 Å². The van der Waals surface area contributed by atoms with Crippen LogP contribution in [0.5, 0.6) is 5.75 Å². The molecule has 0 aliphatic rings. The van der Waals surface area contributed by atoms with Crippen LogP contribution in [0.3, 0.4) is 0 Å². The standard InChI is InChI=1S/C17H16N4O2.C2HF3O2/c1-11-12(2)21(10-19-11)14-5-3-13(4-6-14)20-17(23)15-7-8-18-9-16(15)22;3-2(4,5)1(6)7/h3-10,22H,1-2H3,(H,20,23);(H,6,7). The van der Waals surface area contributed by atoms with Crippen molar-refractivity contribution in [1.29, 1.82) is 0 Å². The van der Waals surface area contributed by atoms with E-state index in [-0.39, 0.29) is 17.2 Å². The smallest absolute Gasteiger partial charge is 0.490 e. The van der Waals surface area contributed by atoms with Crippen molar-refractivity contribution in [1.82, 2.24) is 14.5 Å². The van der Waals surface area contributed by atoms with Gasteiger partial charge in [-0.15, -0.1) is 0 Å². The zero-order valence-electron chi connectivity index (χ0n) is 15.8. The molecule has 3 rings (SSSR count). The molecule has 0 fully saturated rings. The lowest BCUT2D eigenvalue weighted by molar-refractivity contribution is -0.192. The molecule has 2 heterocycles. The van der Waals surface area contributed by atoms with Crippen molar-refractivity contribution < 1.29 is 33.0 Å². The highest BCUT2D eigenvalue weighted by molar-refractivity contribution is 6.06. The van der Waals surface area contributed by atoms with Gasteiger partial charge in [-0.1, -0.05) is 0 Å². The van der Waals surface area contributed by atoms with Crippen molar-refractivity contribution in [3.05, 3.63) is 66.0 Å². The van der Waals surface area contributed by atoms with Gasteiger partial charge in [-0.05, 0) is 44.2 Å². The lowest BCUT2D eigenvalue weighted by Crippen LogP contribution is -2.21. The Labute approximate surface area is 168 Å². The molecule has 1 amide bonds. The van der Waals surface area contributed by atoms with Crippen LogP contribution in [-0.2, 0) is 4.79 Å². The van der Waals surface area contributed by atoms with Gasteiger partial charge >= 0.3 is 12.1 Å². The fourth-order valence-electron chi connectivity index (χ4n) is 2.24. The maximum atomic E-state index is 12.1. The minimum absolute atomic E-state index is 0.147. The molecule has 0 aliphatic carbocycles. The molecule has 0 spiro atoms. The van der Waals surface area contributed by atoms with Gasteiger partial charge in [0, 0.05) is 23.3 Å². The third-order valence-electron chi connectivity index (χ3n) is 3.94. The van der Waals surface area contributed by atoms with E-state index in [0.29, 0.717) is 5.69 Å². The first-order chi connectivity index (χ1) is 14.0. The topological polar surface area (TPSA) is 117 Å². The normalized spacial score (nSPS) is 10.7. The molecular formula is C19H17F3N4O4. The van der Waals surface area contributed by atoms with E-state index in [1.807, 2.05) is 30.5 Å². The summed E-state index contributed by atoms with van der Waals surface area (Å²) in [5, 5.41) is 19.5. The molecule has 0 saturated heterocycles. The molecule has 0 saturated carbocycles. The van der Waals surface area contributed by atoms with E-state index in [4.69, 9.17) is 9.90 Å². The first-order valence-corrected chi connectivity index (χ1v) is 8.36. The number of carboxylic acids is 1. The number of hydrogen-bond acceptors (Lipinski definition) is 5. The number of nitrogens with zero attached hydrogens (tertiary/aromatic N) is 3. The number of anilines is 1. The fourth-order valence-corrected chi connectivity index (χ4v) is 2.24. The second-order valence-electron chi connectivity index (χ2n) is 5.98. The van der Waals surface area contributed by atoms with Gasteiger partial charge < -0.3 is 20.1 Å². The number of carbonyl (C=O) groups excluding carboxylic acids is 1. The molecule has 8 nitrogen and oxygen atoms in total. The first-order valence-electron chi connectivity index (χ1n) is 8.36. The fraction of sp³-hybridized carbons (Fsp3) is 0.158. The van der Waals surface area contributed by atoms with E-state index in [1.165, 1.54) is 18.5 Å². The summed E-state index contributed by atoms with van der Waals surface area (Å²) in [6.07, 6.45) is -0.614. The zero-order chi connectivity index (χ0) is 22.5. The van der Waals surface area contributed by atoms with Crippen molar-refractivity contribution in [2.24, 2.45) is 0 Å². The molecule has 2 aromatic heterocycles. The number of amides is 1. The summed E-state index contributed by atoms with van der Waals surface area (Å²) in [5.74, 6) is -3.29. The SMILES string of the molecule is Cc1ncn(-c2ccc(NC(=O)c3ccncc3O)cc2)c1C.O=C(O)C(F)(F)F. The average Bonchev–Trinajstić information content (AvgIpc) is 3.01. The minimum atomic E-state index is -5.08. The Morgan fingerprint density at radius 2 is 1.70 bits per heavy atom. The number of aromatic nitrogens is 3. The van der Waals surface area contributed by atoms with Crippen LogP contribution < -0.4 is 5.32 Å². The van der Waals surface area contributed by atoms with Crippen LogP contribution in [0.1, 0.15) is 21.7 Å². The van der Waals surface area contributed by atoms with Crippen molar-refractivity contribution in [3.8, 4) is 11.4 Å². The number of aromatic hydroxyl groups is 1. The van der Waals surface area contributed by atoms with E-state index in [2.05, 4.69) is 15.3 Å². The minimum Gasteiger partial charge on any atom is -0.505 e. The predicted octanol–water partition coefficient (Wildman–Crippen LogP) is 3.48. The molecule has 1 aromatic carbocycles. The molecule has 0 unspecified atom stereocenters. The predicted molar refractivity (Wildman–Crippen MR) is 101 cm³/mol. The maximum absolute atomic E-state index is 12.1. The number of nitrogens with one attached hydrogen (secondary N) is 1. The number of aryl methyl sites for hydroxylation is 1. The van der Waals surface area contributed by atoms with Crippen LogP contribution in [0.4, 0.5) is 18.9 Å². The zero-order valence-corrected chi connectivity index (χ0v) is 15.8. The first kappa shape index (κ1) is 22.4. The van der Waals surface area contributed by atoms with Crippen molar-refractivity contribution in [2.45, 2.75) is 20.0 Å². The summed E-state index contributed by atoms with van der Waals surface area (Å²) in [6, 6.07) is 8.88. The summed E-state index contributed by atoms with van der Waals surface area (Å²) in [6.45, 7) is 3.96. The molecule has 0 atom stereocenters. The summed E-state index contributed by atoms with van der Waals surface area (Å²) in [7, 11) is 0. The molecule has 3 aromatic rings. The van der Waals surface area contributed by atoms with Crippen molar-refractivity contribution in [2.75, 3.05) is 5.32 Å². The Morgan fingerprint density at radius 1 is 1.10 bits per heavy atom. The van der Waals surface area contributed by atoms with Gasteiger partial charge in [0.05, 0.1) is 23.8 Å². The van der Waals surface area contributed by atoms with Crippen LogP contribution >= 0.6 is 0 Å². The number of carbonyl (C=O) groups is 2. The van der Waals surface area contributed by atoms with Crippen molar-refractivity contribution in [3.63, 3.8) is 0 Å². The monoisotopic (exact) mass is 422 g/mol. The highest BCUT2D eigenvalue weighted by Gasteiger charge is 2.38. The molecule has 11 heteroatoms. The van der Waals surface area contributed by atoms with Crippen LogP contribution in [-0.4, -0.2) is 42.8 Å². The maximum Gasteiger partial charge on any atom is 0.490 e. The Balaban J connectivity index is 0.000000396. The van der Waals surface area contributed by atoms with E-state index < -0.39 is 12.1 Å². The molecule has 0 radical (unpaired) electrons. The highest BCUT2D eigenvalue weighted by Crippen LogP contribution is 2.19. The van der Waals surface area contributed by atoms with Crippen LogP contribution in [0.2, 0.25) is 0 Å². The Kier molecular flexibility index (Phi) is 6.77. The number of carboxylic acid groups (broad SMARTS) is 1. The number of benzene rings is 1. The van der Waals surface area contributed by atoms with Gasteiger partial charge in [-0.25, -0.2) is 9.78 Å². The number of rotatable bonds is 3. The number of alkyl halides is 3. The summed E-state index contributed by atoms with van der Waals surface area (Å²) in [5.41, 5.74) is 3.85. The quantitative estimate of drug-likeness (QED) is 0.595. The van der Waals surface area contributed by atoms with Gasteiger partial charge in [0.1, 0.15) is 5.75 Å².